The predicted molar refractivity (Wildman–Crippen MR) is 88.0 cm³/mol. The fourth-order valence-electron chi connectivity index (χ4n) is 3.27. The molecule has 0 bridgehead atoms. The molecule has 2 aliphatic heterocycles. The highest BCUT2D eigenvalue weighted by molar-refractivity contribution is 5.54. The summed E-state index contributed by atoms with van der Waals surface area (Å²) < 4.78 is 22.5. The van der Waals surface area contributed by atoms with Gasteiger partial charge >= 0.3 is 0 Å². The van der Waals surface area contributed by atoms with Crippen LogP contribution in [0.4, 0.5) is 0 Å². The second kappa shape index (κ2) is 6.24. The first kappa shape index (κ1) is 15.1. The van der Waals surface area contributed by atoms with E-state index in [0.29, 0.717) is 0 Å². The van der Waals surface area contributed by atoms with Crippen molar-refractivity contribution in [2.45, 2.75) is 25.4 Å². The smallest absolute Gasteiger partial charge is 0.231 e. The number of fused-ring (bicyclic) bond motifs is 2. The average molecular weight is 328 g/mol. The maximum Gasteiger partial charge on any atom is 0.231 e. The maximum absolute atomic E-state index is 9.04. The summed E-state index contributed by atoms with van der Waals surface area (Å²) in [4.78, 5) is 0. The third-order valence-electron chi connectivity index (χ3n) is 4.47. The van der Waals surface area contributed by atoms with E-state index in [0.717, 1.165) is 59.0 Å². The second-order valence-corrected chi connectivity index (χ2v) is 6.04. The van der Waals surface area contributed by atoms with Gasteiger partial charge < -0.3 is 24.1 Å². The van der Waals surface area contributed by atoms with Crippen LogP contribution in [0, 0.1) is 0 Å². The Morgan fingerprint density at radius 2 is 2.04 bits per heavy atom. The summed E-state index contributed by atoms with van der Waals surface area (Å²) in [7, 11) is 1.66. The molecular weight excluding hydrogens is 308 g/mol. The molecule has 0 spiro atoms. The van der Waals surface area contributed by atoms with Gasteiger partial charge in [0.2, 0.25) is 6.79 Å². The van der Waals surface area contributed by atoms with Crippen molar-refractivity contribution in [1.82, 2.24) is 0 Å². The van der Waals surface area contributed by atoms with E-state index < -0.39 is 0 Å². The first-order valence-corrected chi connectivity index (χ1v) is 8.15. The van der Waals surface area contributed by atoms with Crippen LogP contribution in [-0.2, 0) is 12.8 Å². The van der Waals surface area contributed by atoms with Crippen molar-refractivity contribution in [2.75, 3.05) is 20.5 Å². The van der Waals surface area contributed by atoms with Crippen LogP contribution in [0.25, 0.3) is 0 Å². The Morgan fingerprint density at radius 1 is 1.17 bits per heavy atom. The zero-order valence-electron chi connectivity index (χ0n) is 13.6. The lowest BCUT2D eigenvalue weighted by Gasteiger charge is -2.13. The van der Waals surface area contributed by atoms with Gasteiger partial charge in [-0.15, -0.1) is 0 Å². The minimum Gasteiger partial charge on any atom is -0.493 e. The number of aryl methyl sites for hydroxylation is 1. The van der Waals surface area contributed by atoms with Crippen molar-refractivity contribution in [3.05, 3.63) is 47.0 Å². The van der Waals surface area contributed by atoms with E-state index in [1.807, 2.05) is 24.3 Å². The molecule has 5 heteroatoms. The molecule has 1 unspecified atom stereocenters. The van der Waals surface area contributed by atoms with Gasteiger partial charge in [0.1, 0.15) is 6.10 Å². The number of methoxy groups -OCH3 is 1. The van der Waals surface area contributed by atoms with Gasteiger partial charge in [0.25, 0.3) is 0 Å². The largest absolute Gasteiger partial charge is 0.493 e. The van der Waals surface area contributed by atoms with Gasteiger partial charge in [-0.05, 0) is 42.2 Å². The van der Waals surface area contributed by atoms with Crippen LogP contribution >= 0.6 is 0 Å². The summed E-state index contributed by atoms with van der Waals surface area (Å²) in [5.41, 5.74) is 3.37. The Morgan fingerprint density at radius 3 is 2.88 bits per heavy atom. The number of ether oxygens (including phenoxy) is 4. The molecule has 0 aliphatic carbocycles. The van der Waals surface area contributed by atoms with Crippen LogP contribution in [0.5, 0.6) is 23.0 Å². The van der Waals surface area contributed by atoms with Crippen LogP contribution in [0.3, 0.4) is 0 Å². The van der Waals surface area contributed by atoms with Crippen LogP contribution in [0.15, 0.2) is 30.3 Å². The van der Waals surface area contributed by atoms with Gasteiger partial charge in [-0.3, -0.25) is 0 Å². The number of aliphatic hydroxyl groups is 1. The third kappa shape index (κ3) is 2.65. The van der Waals surface area contributed by atoms with Crippen molar-refractivity contribution in [3.8, 4) is 23.0 Å². The molecule has 2 heterocycles. The summed E-state index contributed by atoms with van der Waals surface area (Å²) in [5.74, 6) is 3.11. The SMILES string of the molecule is COc1cc(CCCO)cc2c1OC(c1ccc3c(c1)OCO3)C2. The van der Waals surface area contributed by atoms with E-state index in [1.54, 1.807) is 7.11 Å². The Bertz CT molecular complexity index is 756. The van der Waals surface area contributed by atoms with Crippen LogP contribution < -0.4 is 18.9 Å². The van der Waals surface area contributed by atoms with E-state index in [1.165, 1.54) is 0 Å². The van der Waals surface area contributed by atoms with E-state index in [2.05, 4.69) is 6.07 Å². The van der Waals surface area contributed by atoms with E-state index in [9.17, 15) is 0 Å². The quantitative estimate of drug-likeness (QED) is 0.914. The molecule has 0 aromatic heterocycles. The summed E-state index contributed by atoms with van der Waals surface area (Å²) in [5, 5.41) is 9.04. The number of aliphatic hydroxyl groups excluding tert-OH is 1. The minimum atomic E-state index is -0.0588. The molecule has 0 fully saturated rings. The highest BCUT2D eigenvalue weighted by Crippen LogP contribution is 2.45. The summed E-state index contributed by atoms with van der Waals surface area (Å²) >= 11 is 0. The Kier molecular flexibility index (Phi) is 3.94. The molecule has 4 rings (SSSR count). The first-order valence-electron chi connectivity index (χ1n) is 8.15. The fourth-order valence-corrected chi connectivity index (χ4v) is 3.27. The van der Waals surface area contributed by atoms with E-state index in [-0.39, 0.29) is 19.5 Å². The molecule has 2 aliphatic rings. The predicted octanol–water partition coefficient (Wildman–Crippen LogP) is 3.03. The molecule has 0 amide bonds. The number of hydrogen-bond acceptors (Lipinski definition) is 5. The lowest BCUT2D eigenvalue weighted by molar-refractivity contribution is 0.173. The lowest BCUT2D eigenvalue weighted by atomic mass is 10.00. The highest BCUT2D eigenvalue weighted by atomic mass is 16.7. The van der Waals surface area contributed by atoms with Crippen molar-refractivity contribution < 1.29 is 24.1 Å². The standard InChI is InChI=1S/C19H20O5/c1-21-18-8-12(3-2-6-20)7-14-10-16(24-19(14)18)13-4-5-15-17(9-13)23-11-22-15/h4-5,7-9,16,20H,2-3,6,10-11H2,1H3. The number of hydrogen-bond donors (Lipinski definition) is 1. The molecule has 1 N–H and O–H groups in total. The van der Waals surface area contributed by atoms with Gasteiger partial charge in [0, 0.05) is 18.6 Å². The molecule has 126 valence electrons. The lowest BCUT2D eigenvalue weighted by Crippen LogP contribution is -2.03. The topological polar surface area (TPSA) is 57.2 Å². The van der Waals surface area contributed by atoms with Crippen LogP contribution in [0.1, 0.15) is 29.2 Å². The zero-order valence-corrected chi connectivity index (χ0v) is 13.6. The van der Waals surface area contributed by atoms with Crippen LogP contribution in [0.2, 0.25) is 0 Å². The van der Waals surface area contributed by atoms with Gasteiger partial charge in [0.05, 0.1) is 7.11 Å². The molecule has 2 aromatic rings. The molecule has 0 saturated heterocycles. The van der Waals surface area contributed by atoms with Crippen molar-refractivity contribution in [2.24, 2.45) is 0 Å². The molecule has 0 saturated carbocycles. The molecule has 5 nitrogen and oxygen atoms in total. The van der Waals surface area contributed by atoms with E-state index in [4.69, 9.17) is 24.1 Å². The van der Waals surface area contributed by atoms with Gasteiger partial charge in [0.15, 0.2) is 23.0 Å². The minimum absolute atomic E-state index is 0.0588. The molecule has 2 aromatic carbocycles. The van der Waals surface area contributed by atoms with Gasteiger partial charge in [-0.2, -0.15) is 0 Å². The molecular formula is C19H20O5. The summed E-state index contributed by atoms with van der Waals surface area (Å²) in [6, 6.07) is 10.1. The van der Waals surface area contributed by atoms with Gasteiger partial charge in [-0.25, -0.2) is 0 Å². The Hall–Kier alpha value is -2.40. The van der Waals surface area contributed by atoms with Crippen molar-refractivity contribution in [3.63, 3.8) is 0 Å². The maximum atomic E-state index is 9.04. The normalized spacial score (nSPS) is 17.5. The molecule has 0 radical (unpaired) electrons. The zero-order chi connectivity index (χ0) is 16.5. The monoisotopic (exact) mass is 328 g/mol. The van der Waals surface area contributed by atoms with Gasteiger partial charge in [-0.1, -0.05) is 12.1 Å². The number of benzene rings is 2. The Labute approximate surface area is 140 Å². The van der Waals surface area contributed by atoms with Crippen molar-refractivity contribution in [1.29, 1.82) is 0 Å². The third-order valence-corrected chi connectivity index (χ3v) is 4.47. The summed E-state index contributed by atoms with van der Waals surface area (Å²) in [6.07, 6.45) is 2.30. The van der Waals surface area contributed by atoms with Crippen LogP contribution in [-0.4, -0.2) is 25.6 Å². The second-order valence-electron chi connectivity index (χ2n) is 6.04. The average Bonchev–Trinajstić information content (AvgIpc) is 3.24. The highest BCUT2D eigenvalue weighted by Gasteiger charge is 2.29. The molecule has 1 atom stereocenters. The number of rotatable bonds is 5. The van der Waals surface area contributed by atoms with Crippen molar-refractivity contribution >= 4 is 0 Å². The first-order chi connectivity index (χ1) is 11.8. The summed E-state index contributed by atoms with van der Waals surface area (Å²) in [6.45, 7) is 0.461. The fraction of sp³-hybridized carbons (Fsp3) is 0.368. The van der Waals surface area contributed by atoms with E-state index >= 15 is 0 Å². The molecule has 24 heavy (non-hydrogen) atoms. The Balaban J connectivity index is 1.61.